The zero-order valence-electron chi connectivity index (χ0n) is 14.3. The minimum absolute atomic E-state index is 0.00905. The van der Waals surface area contributed by atoms with Crippen LogP contribution in [0.2, 0.25) is 0 Å². The van der Waals surface area contributed by atoms with Crippen molar-refractivity contribution in [2.75, 3.05) is 17.6 Å². The summed E-state index contributed by atoms with van der Waals surface area (Å²) in [6.45, 7) is 0.682. The molecule has 1 amide bonds. The van der Waals surface area contributed by atoms with Gasteiger partial charge in [-0.2, -0.15) is 0 Å². The van der Waals surface area contributed by atoms with Gasteiger partial charge >= 0.3 is 0 Å². The molecule has 1 aliphatic carbocycles. The fourth-order valence-corrected chi connectivity index (χ4v) is 4.26. The second-order valence-electron chi connectivity index (χ2n) is 5.97. The lowest BCUT2D eigenvalue weighted by molar-refractivity contribution is -0.118. The summed E-state index contributed by atoms with van der Waals surface area (Å²) < 4.78 is 14.3. The third-order valence-corrected chi connectivity index (χ3v) is 5.97. The van der Waals surface area contributed by atoms with E-state index < -0.39 is 0 Å². The van der Waals surface area contributed by atoms with Crippen molar-refractivity contribution in [3.05, 3.63) is 41.7 Å². The van der Waals surface area contributed by atoms with Crippen molar-refractivity contribution < 1.29 is 9.18 Å². The number of hydrogen-bond donors (Lipinski definition) is 2. The number of carbonyl (C=O) groups excluding carboxylic acids is 1. The van der Waals surface area contributed by atoms with Crippen LogP contribution < -0.4 is 10.6 Å². The van der Waals surface area contributed by atoms with E-state index in [9.17, 15) is 9.18 Å². The Labute approximate surface area is 160 Å². The minimum Gasteiger partial charge on any atom is -0.355 e. The van der Waals surface area contributed by atoms with E-state index in [0.29, 0.717) is 27.5 Å². The fraction of sp³-hybridized carbons (Fsp3) is 0.389. The van der Waals surface area contributed by atoms with Crippen molar-refractivity contribution in [3.63, 3.8) is 0 Å². The second-order valence-corrected chi connectivity index (χ2v) is 8.17. The highest BCUT2D eigenvalue weighted by molar-refractivity contribution is 8.01. The molecule has 26 heavy (non-hydrogen) atoms. The number of halogens is 1. The fourth-order valence-electron chi connectivity index (χ4n) is 2.67. The summed E-state index contributed by atoms with van der Waals surface area (Å²) >= 11 is 2.63. The van der Waals surface area contributed by atoms with Crippen LogP contribution in [0.4, 0.5) is 15.2 Å². The number of thioether (sulfide) groups is 1. The van der Waals surface area contributed by atoms with Crippen LogP contribution >= 0.6 is 23.1 Å². The van der Waals surface area contributed by atoms with Crippen LogP contribution in [0.1, 0.15) is 32.1 Å². The standard InChI is InChI=1S/C18H21FN4OS2/c19-14-8-4-5-9-15(14)21-17-22-23-18(26-17)25-12-16(24)20-11-10-13-6-2-1-3-7-13/h4-6,8-9H,1-3,7,10-12H2,(H,20,24)(H,21,22). The summed E-state index contributed by atoms with van der Waals surface area (Å²) in [5, 5.41) is 14.4. The van der Waals surface area contributed by atoms with Gasteiger partial charge in [-0.3, -0.25) is 4.79 Å². The van der Waals surface area contributed by atoms with Crippen molar-refractivity contribution >= 4 is 39.8 Å². The summed E-state index contributed by atoms with van der Waals surface area (Å²) in [7, 11) is 0. The highest BCUT2D eigenvalue weighted by Gasteiger charge is 2.10. The molecule has 0 saturated heterocycles. The smallest absolute Gasteiger partial charge is 0.230 e. The molecule has 0 unspecified atom stereocenters. The molecule has 2 aromatic rings. The summed E-state index contributed by atoms with van der Waals surface area (Å²) in [5.41, 5.74) is 1.81. The Hall–Kier alpha value is -1.93. The molecule has 1 aliphatic rings. The van der Waals surface area contributed by atoms with Crippen molar-refractivity contribution in [2.24, 2.45) is 0 Å². The SMILES string of the molecule is O=C(CSc1nnc(Nc2ccccc2F)s1)NCCC1=CCCCC1. The zero-order chi connectivity index (χ0) is 18.2. The normalized spacial score (nSPS) is 14.0. The molecule has 1 aromatic carbocycles. The molecule has 0 atom stereocenters. The number of amides is 1. The summed E-state index contributed by atoms with van der Waals surface area (Å²) in [6.07, 6.45) is 8.10. The largest absolute Gasteiger partial charge is 0.355 e. The number of aromatic nitrogens is 2. The van der Waals surface area contributed by atoms with E-state index in [4.69, 9.17) is 0 Å². The average molecular weight is 393 g/mol. The van der Waals surface area contributed by atoms with Crippen LogP contribution in [0.3, 0.4) is 0 Å². The zero-order valence-corrected chi connectivity index (χ0v) is 16.0. The van der Waals surface area contributed by atoms with Crippen molar-refractivity contribution in [1.82, 2.24) is 15.5 Å². The lowest BCUT2D eigenvalue weighted by Gasteiger charge is -2.12. The molecule has 0 fully saturated rings. The maximum absolute atomic E-state index is 13.6. The molecule has 0 radical (unpaired) electrons. The van der Waals surface area contributed by atoms with Gasteiger partial charge in [0.15, 0.2) is 4.34 Å². The molecule has 8 heteroatoms. The molecule has 0 bridgehead atoms. The number of para-hydroxylation sites is 1. The molecule has 1 aromatic heterocycles. The molecule has 5 nitrogen and oxygen atoms in total. The Kier molecular flexibility index (Phi) is 7.02. The predicted molar refractivity (Wildman–Crippen MR) is 104 cm³/mol. The summed E-state index contributed by atoms with van der Waals surface area (Å²) in [5.74, 6) is -0.0533. The van der Waals surface area contributed by atoms with Gasteiger partial charge in [0.05, 0.1) is 11.4 Å². The number of nitrogens with one attached hydrogen (secondary N) is 2. The molecule has 0 aliphatic heterocycles. The number of allylic oxidation sites excluding steroid dienone is 1. The average Bonchev–Trinajstić information content (AvgIpc) is 3.10. The summed E-state index contributed by atoms with van der Waals surface area (Å²) in [4.78, 5) is 11.9. The van der Waals surface area contributed by atoms with Gasteiger partial charge in [-0.1, -0.05) is 46.9 Å². The Morgan fingerprint density at radius 1 is 1.27 bits per heavy atom. The number of carbonyl (C=O) groups is 1. The monoisotopic (exact) mass is 392 g/mol. The molecule has 3 rings (SSSR count). The third kappa shape index (κ3) is 5.81. The van der Waals surface area contributed by atoms with Crippen LogP contribution in [0.15, 0.2) is 40.3 Å². The van der Waals surface area contributed by atoms with Crippen molar-refractivity contribution in [1.29, 1.82) is 0 Å². The van der Waals surface area contributed by atoms with E-state index in [2.05, 4.69) is 26.9 Å². The maximum Gasteiger partial charge on any atom is 0.230 e. The third-order valence-electron chi connectivity index (χ3n) is 4.00. The van der Waals surface area contributed by atoms with E-state index in [1.807, 2.05) is 0 Å². The Morgan fingerprint density at radius 3 is 2.96 bits per heavy atom. The van der Waals surface area contributed by atoms with Gasteiger partial charge in [-0.25, -0.2) is 4.39 Å². The first kappa shape index (κ1) is 18.8. The van der Waals surface area contributed by atoms with Crippen LogP contribution in [-0.4, -0.2) is 28.4 Å². The number of hydrogen-bond acceptors (Lipinski definition) is 6. The molecule has 0 spiro atoms. The molecule has 0 saturated carbocycles. The molecule has 1 heterocycles. The highest BCUT2D eigenvalue weighted by atomic mass is 32.2. The van der Waals surface area contributed by atoms with E-state index in [0.717, 1.165) is 12.8 Å². The van der Waals surface area contributed by atoms with E-state index in [-0.39, 0.29) is 11.7 Å². The molecule has 2 N–H and O–H groups in total. The quantitative estimate of drug-likeness (QED) is 0.511. The first-order chi connectivity index (χ1) is 12.7. The highest BCUT2D eigenvalue weighted by Crippen LogP contribution is 2.28. The van der Waals surface area contributed by atoms with Gasteiger partial charge in [0.25, 0.3) is 0 Å². The number of anilines is 2. The first-order valence-electron chi connectivity index (χ1n) is 8.63. The van der Waals surface area contributed by atoms with Crippen LogP contribution in [0, 0.1) is 5.82 Å². The van der Waals surface area contributed by atoms with Gasteiger partial charge in [-0.05, 0) is 44.2 Å². The van der Waals surface area contributed by atoms with Gasteiger partial charge in [0, 0.05) is 6.54 Å². The lowest BCUT2D eigenvalue weighted by Crippen LogP contribution is -2.26. The van der Waals surface area contributed by atoms with Crippen LogP contribution in [0.5, 0.6) is 0 Å². The van der Waals surface area contributed by atoms with E-state index in [1.165, 1.54) is 54.0 Å². The molecule has 138 valence electrons. The Balaban J connectivity index is 1.39. The van der Waals surface area contributed by atoms with Gasteiger partial charge < -0.3 is 10.6 Å². The minimum atomic E-state index is -0.343. The van der Waals surface area contributed by atoms with Gasteiger partial charge in [0.1, 0.15) is 5.82 Å². The Morgan fingerprint density at radius 2 is 2.15 bits per heavy atom. The topological polar surface area (TPSA) is 66.9 Å². The summed E-state index contributed by atoms with van der Waals surface area (Å²) in [6, 6.07) is 6.40. The second kappa shape index (κ2) is 9.68. The van der Waals surface area contributed by atoms with Crippen molar-refractivity contribution in [2.45, 2.75) is 36.4 Å². The molecular weight excluding hydrogens is 371 g/mol. The van der Waals surface area contributed by atoms with Gasteiger partial charge in [0.2, 0.25) is 11.0 Å². The van der Waals surface area contributed by atoms with Crippen LogP contribution in [-0.2, 0) is 4.79 Å². The van der Waals surface area contributed by atoms with Crippen molar-refractivity contribution in [3.8, 4) is 0 Å². The number of nitrogens with zero attached hydrogens (tertiary/aromatic N) is 2. The van der Waals surface area contributed by atoms with Gasteiger partial charge in [-0.15, -0.1) is 10.2 Å². The Bertz CT molecular complexity index is 778. The van der Waals surface area contributed by atoms with E-state index >= 15 is 0 Å². The first-order valence-corrected chi connectivity index (χ1v) is 10.4. The van der Waals surface area contributed by atoms with Crippen LogP contribution in [0.25, 0.3) is 0 Å². The van der Waals surface area contributed by atoms with E-state index in [1.54, 1.807) is 18.2 Å². The lowest BCUT2D eigenvalue weighted by atomic mass is 9.97. The maximum atomic E-state index is 13.6. The predicted octanol–water partition coefficient (Wildman–Crippen LogP) is 4.52. The number of rotatable bonds is 8. The molecular formula is C18H21FN4OS2. The number of benzene rings is 1.